The van der Waals surface area contributed by atoms with Crippen molar-refractivity contribution in [3.63, 3.8) is 0 Å². The molecule has 1 atom stereocenters. The minimum Gasteiger partial charge on any atom is -0.379 e. The highest BCUT2D eigenvalue weighted by molar-refractivity contribution is 7.89. The third-order valence-corrected chi connectivity index (χ3v) is 8.28. The lowest BCUT2D eigenvalue weighted by Gasteiger charge is -2.26. The molecular weight excluding hydrogens is 412 g/mol. The van der Waals surface area contributed by atoms with E-state index in [1.54, 1.807) is 12.1 Å². The standard InChI is InChI=1S/C23H28N4O3S/c1-3-26-22-9-8-19(31(28,29)25-10-12-30-13-11-25)15-20(22)24-23(26)16-27-17(2)14-18-6-4-5-7-21(18)27/h4-9,15,17H,3,10-14,16H2,1-2H3. The lowest BCUT2D eigenvalue weighted by atomic mass is 10.1. The fraction of sp³-hybridized carbons (Fsp3) is 0.435. The summed E-state index contributed by atoms with van der Waals surface area (Å²) in [5.41, 5.74) is 4.33. The van der Waals surface area contributed by atoms with Crippen molar-refractivity contribution in [2.75, 3.05) is 31.2 Å². The van der Waals surface area contributed by atoms with Crippen molar-refractivity contribution in [1.82, 2.24) is 13.9 Å². The molecule has 2 aromatic carbocycles. The van der Waals surface area contributed by atoms with Gasteiger partial charge >= 0.3 is 0 Å². The van der Waals surface area contributed by atoms with Crippen molar-refractivity contribution in [3.8, 4) is 0 Å². The number of rotatable bonds is 5. The van der Waals surface area contributed by atoms with E-state index in [1.807, 2.05) is 6.07 Å². The van der Waals surface area contributed by atoms with Crippen LogP contribution in [0.15, 0.2) is 47.4 Å². The topological polar surface area (TPSA) is 67.7 Å². The first kappa shape index (κ1) is 20.5. The van der Waals surface area contributed by atoms with Gasteiger partial charge in [-0.15, -0.1) is 0 Å². The number of morpholine rings is 1. The molecule has 0 radical (unpaired) electrons. The number of sulfonamides is 1. The summed E-state index contributed by atoms with van der Waals surface area (Å²) in [5, 5.41) is 0. The molecule has 0 spiro atoms. The van der Waals surface area contributed by atoms with Crippen LogP contribution in [-0.4, -0.2) is 54.6 Å². The van der Waals surface area contributed by atoms with Gasteiger partial charge in [0.05, 0.1) is 35.7 Å². The van der Waals surface area contributed by atoms with Crippen LogP contribution in [0.25, 0.3) is 11.0 Å². The Kier molecular flexibility index (Phi) is 5.24. The number of para-hydroxylation sites is 1. The Balaban J connectivity index is 1.50. The molecule has 7 nitrogen and oxygen atoms in total. The van der Waals surface area contributed by atoms with Gasteiger partial charge in [0.2, 0.25) is 10.0 Å². The maximum absolute atomic E-state index is 13.1. The zero-order chi connectivity index (χ0) is 21.6. The molecular formula is C23H28N4O3S. The molecule has 164 valence electrons. The van der Waals surface area contributed by atoms with Crippen LogP contribution in [0.1, 0.15) is 25.2 Å². The molecule has 3 heterocycles. The zero-order valence-corrected chi connectivity index (χ0v) is 18.8. The second-order valence-electron chi connectivity index (χ2n) is 8.25. The summed E-state index contributed by atoms with van der Waals surface area (Å²) in [5.74, 6) is 0.960. The molecule has 2 aliphatic heterocycles. The number of aryl methyl sites for hydroxylation is 1. The Labute approximate surface area is 183 Å². The van der Waals surface area contributed by atoms with Crippen molar-refractivity contribution < 1.29 is 13.2 Å². The molecule has 2 aliphatic rings. The van der Waals surface area contributed by atoms with E-state index in [0.29, 0.717) is 43.8 Å². The van der Waals surface area contributed by atoms with E-state index < -0.39 is 10.0 Å². The third kappa shape index (κ3) is 3.52. The number of fused-ring (bicyclic) bond motifs is 2. The minimum atomic E-state index is -3.54. The number of hydrogen-bond donors (Lipinski definition) is 0. The number of imidazole rings is 1. The predicted molar refractivity (Wildman–Crippen MR) is 121 cm³/mol. The molecule has 3 aromatic rings. The molecule has 1 aromatic heterocycles. The average molecular weight is 441 g/mol. The molecule has 31 heavy (non-hydrogen) atoms. The van der Waals surface area contributed by atoms with Gasteiger partial charge in [0.15, 0.2) is 0 Å². The van der Waals surface area contributed by atoms with Gasteiger partial charge < -0.3 is 14.2 Å². The quantitative estimate of drug-likeness (QED) is 0.610. The fourth-order valence-corrected chi connectivity index (χ4v) is 6.18. The largest absolute Gasteiger partial charge is 0.379 e. The van der Waals surface area contributed by atoms with Gasteiger partial charge in [-0.3, -0.25) is 0 Å². The summed E-state index contributed by atoms with van der Waals surface area (Å²) in [4.78, 5) is 7.58. The summed E-state index contributed by atoms with van der Waals surface area (Å²) in [7, 11) is -3.54. The van der Waals surface area contributed by atoms with Crippen LogP contribution < -0.4 is 4.90 Å². The Morgan fingerprint density at radius 3 is 2.68 bits per heavy atom. The predicted octanol–water partition coefficient (Wildman–Crippen LogP) is 3.03. The van der Waals surface area contributed by atoms with Gasteiger partial charge in [-0.05, 0) is 50.1 Å². The molecule has 0 bridgehead atoms. The summed E-state index contributed by atoms with van der Waals surface area (Å²) >= 11 is 0. The maximum atomic E-state index is 13.1. The number of hydrogen-bond acceptors (Lipinski definition) is 5. The SMILES string of the molecule is CCn1c(CN2c3ccccc3CC2C)nc2cc(S(=O)(=O)N3CCOCC3)ccc21. The molecule has 1 fully saturated rings. The lowest BCUT2D eigenvalue weighted by Crippen LogP contribution is -2.40. The van der Waals surface area contributed by atoms with Gasteiger partial charge in [-0.25, -0.2) is 13.4 Å². The Hall–Kier alpha value is -2.42. The van der Waals surface area contributed by atoms with Crippen molar-refractivity contribution in [2.45, 2.75) is 44.3 Å². The molecule has 0 saturated carbocycles. The van der Waals surface area contributed by atoms with Crippen LogP contribution in [0.5, 0.6) is 0 Å². The lowest BCUT2D eigenvalue weighted by molar-refractivity contribution is 0.0730. The summed E-state index contributed by atoms with van der Waals surface area (Å²) in [6, 6.07) is 14.3. The normalized spacial score (nSPS) is 19.8. The van der Waals surface area contributed by atoms with E-state index in [0.717, 1.165) is 29.8 Å². The molecule has 5 rings (SSSR count). The van der Waals surface area contributed by atoms with Gasteiger partial charge in [0.25, 0.3) is 0 Å². The molecule has 0 aliphatic carbocycles. The minimum absolute atomic E-state index is 0.300. The maximum Gasteiger partial charge on any atom is 0.243 e. The number of ether oxygens (including phenoxy) is 1. The summed E-state index contributed by atoms with van der Waals surface area (Å²) < 4.78 is 35.1. The highest BCUT2D eigenvalue weighted by Crippen LogP contribution is 2.33. The molecule has 1 unspecified atom stereocenters. The van der Waals surface area contributed by atoms with Crippen LogP contribution in [-0.2, 0) is 34.3 Å². The molecule has 1 saturated heterocycles. The van der Waals surface area contributed by atoms with Crippen LogP contribution in [0, 0.1) is 0 Å². The van der Waals surface area contributed by atoms with Gasteiger partial charge in [0.1, 0.15) is 5.82 Å². The van der Waals surface area contributed by atoms with Crippen LogP contribution in [0.3, 0.4) is 0 Å². The van der Waals surface area contributed by atoms with Crippen molar-refractivity contribution in [1.29, 1.82) is 0 Å². The van der Waals surface area contributed by atoms with Gasteiger partial charge in [-0.2, -0.15) is 4.31 Å². The highest BCUT2D eigenvalue weighted by atomic mass is 32.2. The Morgan fingerprint density at radius 2 is 1.90 bits per heavy atom. The summed E-state index contributed by atoms with van der Waals surface area (Å²) in [6.45, 7) is 7.48. The third-order valence-electron chi connectivity index (χ3n) is 6.38. The van der Waals surface area contributed by atoms with E-state index in [9.17, 15) is 8.42 Å². The molecule has 0 N–H and O–H groups in total. The zero-order valence-electron chi connectivity index (χ0n) is 18.0. The Morgan fingerprint density at radius 1 is 1.13 bits per heavy atom. The van der Waals surface area contributed by atoms with E-state index in [1.165, 1.54) is 15.6 Å². The van der Waals surface area contributed by atoms with Gasteiger partial charge in [0, 0.05) is 31.4 Å². The second-order valence-corrected chi connectivity index (χ2v) is 10.2. The number of anilines is 1. The molecule has 0 amide bonds. The van der Waals surface area contributed by atoms with Crippen LogP contribution in [0.2, 0.25) is 0 Å². The first-order valence-electron chi connectivity index (χ1n) is 10.9. The van der Waals surface area contributed by atoms with Crippen molar-refractivity contribution in [2.24, 2.45) is 0 Å². The Bertz CT molecular complexity index is 1210. The van der Waals surface area contributed by atoms with E-state index in [2.05, 4.69) is 47.6 Å². The smallest absolute Gasteiger partial charge is 0.243 e. The van der Waals surface area contributed by atoms with Crippen molar-refractivity contribution >= 4 is 26.7 Å². The van der Waals surface area contributed by atoms with Gasteiger partial charge in [-0.1, -0.05) is 18.2 Å². The van der Waals surface area contributed by atoms with E-state index in [4.69, 9.17) is 9.72 Å². The van der Waals surface area contributed by atoms with Crippen molar-refractivity contribution in [3.05, 3.63) is 53.9 Å². The number of benzene rings is 2. The summed E-state index contributed by atoms with van der Waals surface area (Å²) in [6.07, 6.45) is 1.03. The first-order valence-corrected chi connectivity index (χ1v) is 12.3. The van der Waals surface area contributed by atoms with E-state index in [-0.39, 0.29) is 0 Å². The average Bonchev–Trinajstić information content (AvgIpc) is 3.30. The number of aromatic nitrogens is 2. The number of nitrogens with zero attached hydrogens (tertiary/aromatic N) is 4. The van der Waals surface area contributed by atoms with Crippen LogP contribution in [0.4, 0.5) is 5.69 Å². The monoisotopic (exact) mass is 440 g/mol. The van der Waals surface area contributed by atoms with E-state index >= 15 is 0 Å². The fourth-order valence-electron chi connectivity index (χ4n) is 4.75. The van der Waals surface area contributed by atoms with Crippen LogP contribution >= 0.6 is 0 Å². The highest BCUT2D eigenvalue weighted by Gasteiger charge is 2.29. The first-order chi connectivity index (χ1) is 15.0. The molecule has 8 heteroatoms. The second kappa shape index (κ2) is 7.93.